The first-order chi connectivity index (χ1) is 13.7. The third-order valence-electron chi connectivity index (χ3n) is 4.09. The van der Waals surface area contributed by atoms with Gasteiger partial charge in [-0.2, -0.15) is 5.01 Å². The number of rotatable bonds is 4. The molecule has 2 aromatic rings. The van der Waals surface area contributed by atoms with E-state index in [1.54, 1.807) is 18.2 Å². The van der Waals surface area contributed by atoms with Gasteiger partial charge in [0.05, 0.1) is 15.0 Å². The molecule has 0 radical (unpaired) electrons. The fourth-order valence-electron chi connectivity index (χ4n) is 2.53. The molecule has 5 nitrogen and oxygen atoms in total. The zero-order valence-electron chi connectivity index (χ0n) is 15.5. The molecule has 1 fully saturated rings. The summed E-state index contributed by atoms with van der Waals surface area (Å²) in [5, 5.41) is 4.31. The second kappa shape index (κ2) is 9.17. The number of thiocarbonyl (C=S) groups is 1. The van der Waals surface area contributed by atoms with Gasteiger partial charge in [-0.25, -0.2) is 10.2 Å². The molecule has 0 spiro atoms. The van der Waals surface area contributed by atoms with E-state index < -0.39 is 11.9 Å². The van der Waals surface area contributed by atoms with Crippen LogP contribution in [-0.4, -0.2) is 21.3 Å². The van der Waals surface area contributed by atoms with Gasteiger partial charge >= 0.3 is 6.03 Å². The van der Waals surface area contributed by atoms with Gasteiger partial charge in [0.2, 0.25) is 0 Å². The summed E-state index contributed by atoms with van der Waals surface area (Å²) in [4.78, 5) is 25.3. The minimum Gasteiger partial charge on any atom is -0.307 e. The minimum atomic E-state index is -0.623. The van der Waals surface area contributed by atoms with Crippen LogP contribution in [0.4, 0.5) is 10.5 Å². The Kier molecular flexibility index (Phi) is 6.85. The third kappa shape index (κ3) is 5.30. The van der Waals surface area contributed by atoms with Crippen LogP contribution in [0.25, 0.3) is 6.08 Å². The Labute approximate surface area is 188 Å². The molecule has 3 rings (SSSR count). The molecule has 2 N–H and O–H groups in total. The fourth-order valence-corrected chi connectivity index (χ4v) is 4.00. The molecule has 1 aliphatic heterocycles. The van der Waals surface area contributed by atoms with Gasteiger partial charge in [0.25, 0.3) is 5.91 Å². The Bertz CT molecular complexity index is 1010. The number of hydrogen-bond donors (Lipinski definition) is 2. The molecule has 9 heteroatoms. The number of benzene rings is 2. The lowest BCUT2D eigenvalue weighted by Crippen LogP contribution is -2.46. The number of nitrogens with one attached hydrogen (secondary N) is 2. The molecule has 150 valence electrons. The highest BCUT2D eigenvalue weighted by atomic mass is 35.5. The smallest absolute Gasteiger partial charge is 0.307 e. The zero-order valence-corrected chi connectivity index (χ0v) is 18.7. The van der Waals surface area contributed by atoms with Crippen LogP contribution in [0.2, 0.25) is 10.0 Å². The number of hydrazine groups is 1. The lowest BCUT2D eigenvalue weighted by Gasteiger charge is -2.16. The number of amides is 3. The molecule has 0 saturated carbocycles. The number of carbonyl (C=O) groups is 2. The number of carbonyl (C=O) groups excluding carboxylic acids is 2. The lowest BCUT2D eigenvalue weighted by molar-refractivity contribution is -0.123. The third-order valence-corrected chi connectivity index (χ3v) is 6.13. The topological polar surface area (TPSA) is 61.4 Å². The molecule has 1 aliphatic rings. The van der Waals surface area contributed by atoms with E-state index in [1.807, 2.05) is 24.3 Å². The van der Waals surface area contributed by atoms with Crippen molar-refractivity contribution in [3.63, 3.8) is 0 Å². The monoisotopic (exact) mass is 465 g/mol. The van der Waals surface area contributed by atoms with Crippen molar-refractivity contribution >= 4 is 75.2 Å². The summed E-state index contributed by atoms with van der Waals surface area (Å²) < 4.78 is 0.240. The number of hydrogen-bond acceptors (Lipinski definition) is 4. The second-order valence-corrected chi connectivity index (χ2v) is 9.02. The van der Waals surface area contributed by atoms with Crippen LogP contribution in [0, 0.1) is 0 Å². The maximum atomic E-state index is 12.7. The molecule has 0 unspecified atom stereocenters. The van der Waals surface area contributed by atoms with E-state index >= 15 is 0 Å². The van der Waals surface area contributed by atoms with Crippen LogP contribution in [0.3, 0.4) is 0 Å². The number of anilines is 1. The Morgan fingerprint density at radius 3 is 2.45 bits per heavy atom. The van der Waals surface area contributed by atoms with Gasteiger partial charge in [-0.3, -0.25) is 4.79 Å². The normalized spacial score (nSPS) is 15.3. The van der Waals surface area contributed by atoms with Crippen molar-refractivity contribution in [2.24, 2.45) is 0 Å². The predicted octanol–water partition coefficient (Wildman–Crippen LogP) is 6.05. The molecule has 0 aliphatic carbocycles. The first kappa shape index (κ1) is 21.6. The van der Waals surface area contributed by atoms with Crippen LogP contribution >= 0.6 is 47.2 Å². The highest BCUT2D eigenvalue weighted by Gasteiger charge is 2.33. The zero-order chi connectivity index (χ0) is 21.1. The SMILES string of the molecule is CC(C)c1ccc(/C=C2/SC(=S)N(NC(=O)Nc3ccc(Cl)c(Cl)c3)C2=O)cc1. The molecule has 0 bridgehead atoms. The summed E-state index contributed by atoms with van der Waals surface area (Å²) in [6, 6.07) is 12.0. The van der Waals surface area contributed by atoms with Crippen molar-refractivity contribution in [3.05, 3.63) is 68.5 Å². The number of urea groups is 1. The number of thioether (sulfide) groups is 1. The summed E-state index contributed by atoms with van der Waals surface area (Å²) in [5.74, 6) is 0.0396. The van der Waals surface area contributed by atoms with Gasteiger partial charge in [0.15, 0.2) is 4.32 Å². The van der Waals surface area contributed by atoms with Crippen LogP contribution in [-0.2, 0) is 4.79 Å². The van der Waals surface area contributed by atoms with Gasteiger partial charge in [-0.1, -0.05) is 73.1 Å². The van der Waals surface area contributed by atoms with Gasteiger partial charge in [-0.15, -0.1) is 0 Å². The van der Waals surface area contributed by atoms with Crippen molar-refractivity contribution in [2.75, 3.05) is 5.32 Å². The van der Waals surface area contributed by atoms with Crippen LogP contribution in [0.1, 0.15) is 30.9 Å². The van der Waals surface area contributed by atoms with Gasteiger partial charge in [-0.05, 0) is 53.5 Å². The molecular weight excluding hydrogens is 449 g/mol. The predicted molar refractivity (Wildman–Crippen MR) is 124 cm³/mol. The molecular formula is C20H17Cl2N3O2S2. The van der Waals surface area contributed by atoms with Crippen LogP contribution in [0.5, 0.6) is 0 Å². The van der Waals surface area contributed by atoms with E-state index in [0.29, 0.717) is 26.6 Å². The van der Waals surface area contributed by atoms with E-state index in [-0.39, 0.29) is 4.32 Å². The standard InChI is InChI=1S/C20H17Cl2N3O2S2/c1-11(2)13-5-3-12(4-6-13)9-17-18(26)25(20(28)29-17)24-19(27)23-14-7-8-15(21)16(22)10-14/h3-11H,1-2H3,(H2,23,24,27)/b17-9+. The van der Waals surface area contributed by atoms with Gasteiger partial charge in [0.1, 0.15) is 0 Å². The summed E-state index contributed by atoms with van der Waals surface area (Å²) in [6.45, 7) is 4.24. The molecule has 29 heavy (non-hydrogen) atoms. The minimum absolute atomic E-state index is 0.240. The van der Waals surface area contributed by atoms with Gasteiger partial charge in [0, 0.05) is 5.69 Å². The molecule has 0 aromatic heterocycles. The molecule has 0 atom stereocenters. The van der Waals surface area contributed by atoms with Crippen molar-refractivity contribution in [3.8, 4) is 0 Å². The lowest BCUT2D eigenvalue weighted by atomic mass is 10.0. The Hall–Kier alpha value is -2.06. The number of halogens is 2. The first-order valence-corrected chi connectivity index (χ1v) is 10.6. The molecule has 1 heterocycles. The molecule has 1 saturated heterocycles. The maximum absolute atomic E-state index is 12.7. The Morgan fingerprint density at radius 1 is 1.14 bits per heavy atom. The van der Waals surface area contributed by atoms with E-state index in [2.05, 4.69) is 24.6 Å². The largest absolute Gasteiger partial charge is 0.338 e. The summed E-state index contributed by atoms with van der Waals surface area (Å²) in [5.41, 5.74) is 4.99. The van der Waals surface area contributed by atoms with Crippen LogP contribution in [0.15, 0.2) is 47.4 Å². The quantitative estimate of drug-likeness (QED) is 0.425. The Balaban J connectivity index is 1.68. The van der Waals surface area contributed by atoms with Crippen molar-refractivity contribution in [2.45, 2.75) is 19.8 Å². The van der Waals surface area contributed by atoms with E-state index in [4.69, 9.17) is 35.4 Å². The average molecular weight is 466 g/mol. The van der Waals surface area contributed by atoms with E-state index in [0.717, 1.165) is 22.3 Å². The highest BCUT2D eigenvalue weighted by molar-refractivity contribution is 8.26. The van der Waals surface area contributed by atoms with Crippen molar-refractivity contribution in [1.82, 2.24) is 10.4 Å². The highest BCUT2D eigenvalue weighted by Crippen LogP contribution is 2.32. The Morgan fingerprint density at radius 2 is 1.83 bits per heavy atom. The van der Waals surface area contributed by atoms with Crippen LogP contribution < -0.4 is 10.7 Å². The fraction of sp³-hybridized carbons (Fsp3) is 0.150. The first-order valence-electron chi connectivity index (χ1n) is 8.65. The summed E-state index contributed by atoms with van der Waals surface area (Å²) >= 11 is 18.2. The number of nitrogens with zero attached hydrogens (tertiary/aromatic N) is 1. The maximum Gasteiger partial charge on any atom is 0.338 e. The van der Waals surface area contributed by atoms with Gasteiger partial charge < -0.3 is 5.32 Å². The van der Waals surface area contributed by atoms with Crippen molar-refractivity contribution < 1.29 is 9.59 Å². The summed E-state index contributed by atoms with van der Waals surface area (Å²) in [7, 11) is 0. The average Bonchev–Trinajstić information content (AvgIpc) is 2.92. The van der Waals surface area contributed by atoms with Crippen molar-refractivity contribution in [1.29, 1.82) is 0 Å². The summed E-state index contributed by atoms with van der Waals surface area (Å²) in [6.07, 6.45) is 1.75. The van der Waals surface area contributed by atoms with E-state index in [1.165, 1.54) is 11.6 Å². The molecule has 3 amide bonds. The van der Waals surface area contributed by atoms with E-state index in [9.17, 15) is 9.59 Å². The molecule has 2 aromatic carbocycles. The second-order valence-electron chi connectivity index (χ2n) is 6.53.